The van der Waals surface area contributed by atoms with Gasteiger partial charge in [-0.25, -0.2) is 0 Å². The molecule has 0 radical (unpaired) electrons. The summed E-state index contributed by atoms with van der Waals surface area (Å²) in [5.41, 5.74) is 3.00. The van der Waals surface area contributed by atoms with Crippen molar-refractivity contribution in [1.82, 2.24) is 10.2 Å². The third-order valence-electron chi connectivity index (χ3n) is 3.62. The van der Waals surface area contributed by atoms with Crippen LogP contribution >= 0.6 is 23.4 Å². The van der Waals surface area contributed by atoms with Crippen molar-refractivity contribution in [2.75, 3.05) is 16.4 Å². The SMILES string of the molecule is CC(=O)Nc1ccc(NC(=O)CSc2ccc(-c3ccc(Cl)cc3)nn2)cc1. The fourth-order valence-electron chi connectivity index (χ4n) is 2.35. The summed E-state index contributed by atoms with van der Waals surface area (Å²) in [6.45, 7) is 1.44. The minimum Gasteiger partial charge on any atom is -0.326 e. The first-order chi connectivity index (χ1) is 13.5. The van der Waals surface area contributed by atoms with Gasteiger partial charge >= 0.3 is 0 Å². The molecular weight excluding hydrogens is 396 g/mol. The summed E-state index contributed by atoms with van der Waals surface area (Å²) < 4.78 is 0. The van der Waals surface area contributed by atoms with Crippen molar-refractivity contribution in [3.8, 4) is 11.3 Å². The summed E-state index contributed by atoms with van der Waals surface area (Å²) in [6.07, 6.45) is 0. The number of benzene rings is 2. The normalized spacial score (nSPS) is 10.4. The van der Waals surface area contributed by atoms with Crippen molar-refractivity contribution in [2.45, 2.75) is 11.9 Å². The Labute approximate surface area is 171 Å². The standard InChI is InChI=1S/C20H17ClN4O2S/c1-13(26)22-16-6-8-17(9-7-16)23-19(27)12-28-20-11-10-18(24-25-20)14-2-4-15(21)5-3-14/h2-11H,12H2,1H3,(H,22,26)(H,23,27). The maximum absolute atomic E-state index is 12.1. The average molecular weight is 413 g/mol. The van der Waals surface area contributed by atoms with E-state index in [0.29, 0.717) is 21.4 Å². The smallest absolute Gasteiger partial charge is 0.234 e. The number of hydrogen-bond donors (Lipinski definition) is 2. The lowest BCUT2D eigenvalue weighted by atomic mass is 10.1. The topological polar surface area (TPSA) is 84.0 Å². The molecule has 0 fully saturated rings. The number of amides is 2. The van der Waals surface area contributed by atoms with Crippen LogP contribution in [0.15, 0.2) is 65.7 Å². The van der Waals surface area contributed by atoms with E-state index in [1.54, 1.807) is 36.4 Å². The molecule has 0 aliphatic heterocycles. The molecule has 28 heavy (non-hydrogen) atoms. The molecule has 0 unspecified atom stereocenters. The molecular formula is C20H17ClN4O2S. The van der Waals surface area contributed by atoms with E-state index in [-0.39, 0.29) is 17.6 Å². The highest BCUT2D eigenvalue weighted by Gasteiger charge is 2.07. The molecule has 0 aliphatic rings. The maximum atomic E-state index is 12.1. The summed E-state index contributed by atoms with van der Waals surface area (Å²) in [4.78, 5) is 23.1. The van der Waals surface area contributed by atoms with Gasteiger partial charge in [-0.05, 0) is 48.5 Å². The van der Waals surface area contributed by atoms with E-state index in [0.717, 1.165) is 11.3 Å². The van der Waals surface area contributed by atoms with E-state index < -0.39 is 0 Å². The van der Waals surface area contributed by atoms with Gasteiger partial charge in [-0.1, -0.05) is 35.5 Å². The Hall–Kier alpha value is -2.90. The number of thioether (sulfide) groups is 1. The highest BCUT2D eigenvalue weighted by Crippen LogP contribution is 2.22. The van der Waals surface area contributed by atoms with Crippen LogP contribution in [0, 0.1) is 0 Å². The summed E-state index contributed by atoms with van der Waals surface area (Å²) in [7, 11) is 0. The lowest BCUT2D eigenvalue weighted by Crippen LogP contribution is -2.14. The molecule has 0 aliphatic carbocycles. The van der Waals surface area contributed by atoms with Crippen molar-refractivity contribution in [2.24, 2.45) is 0 Å². The zero-order valence-electron chi connectivity index (χ0n) is 15.0. The van der Waals surface area contributed by atoms with E-state index in [1.807, 2.05) is 24.3 Å². The van der Waals surface area contributed by atoms with Gasteiger partial charge in [0.2, 0.25) is 11.8 Å². The van der Waals surface area contributed by atoms with E-state index in [1.165, 1.54) is 18.7 Å². The van der Waals surface area contributed by atoms with Gasteiger partial charge in [0.05, 0.1) is 11.4 Å². The number of carbonyl (C=O) groups is 2. The molecule has 142 valence electrons. The second-order valence-electron chi connectivity index (χ2n) is 5.86. The lowest BCUT2D eigenvalue weighted by Gasteiger charge is -2.07. The maximum Gasteiger partial charge on any atom is 0.234 e. The first-order valence-corrected chi connectivity index (χ1v) is 9.76. The highest BCUT2D eigenvalue weighted by atomic mass is 35.5. The Kier molecular flexibility index (Phi) is 6.62. The molecule has 1 aromatic heterocycles. The van der Waals surface area contributed by atoms with Crippen LogP contribution in [0.5, 0.6) is 0 Å². The van der Waals surface area contributed by atoms with Gasteiger partial charge in [0, 0.05) is 28.9 Å². The van der Waals surface area contributed by atoms with E-state index in [2.05, 4.69) is 20.8 Å². The number of hydrogen-bond acceptors (Lipinski definition) is 5. The molecule has 2 aromatic carbocycles. The second kappa shape index (κ2) is 9.34. The van der Waals surface area contributed by atoms with E-state index in [4.69, 9.17) is 11.6 Å². The van der Waals surface area contributed by atoms with Gasteiger partial charge in [-0.15, -0.1) is 10.2 Å². The molecule has 1 heterocycles. The van der Waals surface area contributed by atoms with Gasteiger partial charge < -0.3 is 10.6 Å². The molecule has 8 heteroatoms. The summed E-state index contributed by atoms with van der Waals surface area (Å²) in [6, 6.07) is 18.0. The predicted octanol–water partition coefficient (Wildman–Crippen LogP) is 4.49. The average Bonchev–Trinajstić information content (AvgIpc) is 2.69. The largest absolute Gasteiger partial charge is 0.326 e. The molecule has 0 saturated carbocycles. The molecule has 0 saturated heterocycles. The van der Waals surface area contributed by atoms with Crippen LogP contribution in [0.25, 0.3) is 11.3 Å². The number of nitrogens with zero attached hydrogens (tertiary/aromatic N) is 2. The molecule has 0 bridgehead atoms. The van der Waals surface area contributed by atoms with Gasteiger partial charge in [0.1, 0.15) is 5.03 Å². The lowest BCUT2D eigenvalue weighted by molar-refractivity contribution is -0.114. The van der Waals surface area contributed by atoms with Crippen molar-refractivity contribution < 1.29 is 9.59 Å². The Morgan fingerprint density at radius 1 is 0.893 bits per heavy atom. The van der Waals surface area contributed by atoms with Gasteiger partial charge in [0.25, 0.3) is 0 Å². The van der Waals surface area contributed by atoms with Crippen LogP contribution < -0.4 is 10.6 Å². The zero-order valence-corrected chi connectivity index (χ0v) is 16.6. The van der Waals surface area contributed by atoms with Crippen molar-refractivity contribution in [3.63, 3.8) is 0 Å². The molecule has 3 rings (SSSR count). The van der Waals surface area contributed by atoms with Gasteiger partial charge in [-0.3, -0.25) is 9.59 Å². The van der Waals surface area contributed by atoms with Gasteiger partial charge in [-0.2, -0.15) is 0 Å². The number of anilines is 2. The van der Waals surface area contributed by atoms with Crippen molar-refractivity contribution >= 4 is 46.6 Å². The Morgan fingerprint density at radius 2 is 1.54 bits per heavy atom. The summed E-state index contributed by atoms with van der Waals surface area (Å²) in [5, 5.41) is 15.2. The van der Waals surface area contributed by atoms with Crippen LogP contribution in [-0.2, 0) is 9.59 Å². The summed E-state index contributed by atoms with van der Waals surface area (Å²) in [5.74, 6) is -0.0835. The number of carbonyl (C=O) groups excluding carboxylic acids is 2. The van der Waals surface area contributed by atoms with Crippen LogP contribution in [0.1, 0.15) is 6.92 Å². The van der Waals surface area contributed by atoms with Crippen molar-refractivity contribution in [3.05, 3.63) is 65.7 Å². The quantitative estimate of drug-likeness (QED) is 0.583. The van der Waals surface area contributed by atoms with Gasteiger partial charge in [0.15, 0.2) is 0 Å². The minimum atomic E-state index is -0.152. The second-order valence-corrected chi connectivity index (χ2v) is 7.29. The minimum absolute atomic E-state index is 0.142. The van der Waals surface area contributed by atoms with E-state index in [9.17, 15) is 9.59 Å². The summed E-state index contributed by atoms with van der Waals surface area (Å²) >= 11 is 7.19. The third-order valence-corrected chi connectivity index (χ3v) is 4.79. The Balaban J connectivity index is 1.51. The monoisotopic (exact) mass is 412 g/mol. The Morgan fingerprint density at radius 3 is 2.11 bits per heavy atom. The number of halogens is 1. The Bertz CT molecular complexity index is 961. The fraction of sp³-hybridized carbons (Fsp3) is 0.100. The molecule has 0 atom stereocenters. The molecule has 6 nitrogen and oxygen atoms in total. The van der Waals surface area contributed by atoms with Crippen LogP contribution in [0.4, 0.5) is 11.4 Å². The molecule has 3 aromatic rings. The third kappa shape index (κ3) is 5.80. The number of nitrogens with one attached hydrogen (secondary N) is 2. The van der Waals surface area contributed by atoms with Crippen LogP contribution in [0.3, 0.4) is 0 Å². The number of aromatic nitrogens is 2. The van der Waals surface area contributed by atoms with E-state index >= 15 is 0 Å². The molecule has 0 spiro atoms. The molecule has 2 amide bonds. The zero-order chi connectivity index (χ0) is 19.9. The first-order valence-electron chi connectivity index (χ1n) is 8.39. The molecule has 2 N–H and O–H groups in total. The first kappa shape index (κ1) is 19.9. The van der Waals surface area contributed by atoms with Crippen LogP contribution in [0.2, 0.25) is 5.02 Å². The fourth-order valence-corrected chi connectivity index (χ4v) is 3.09. The predicted molar refractivity (Wildman–Crippen MR) is 113 cm³/mol. The number of rotatable bonds is 6. The van der Waals surface area contributed by atoms with Crippen molar-refractivity contribution in [1.29, 1.82) is 0 Å². The van der Waals surface area contributed by atoms with Crippen LogP contribution in [-0.4, -0.2) is 27.8 Å². The highest BCUT2D eigenvalue weighted by molar-refractivity contribution is 7.99.